The minimum Gasteiger partial charge on any atom is -0.398 e. The number of aromatic nitrogens is 2. The number of carbonyl (C=O) groups is 1. The first-order valence-electron chi connectivity index (χ1n) is 5.30. The maximum atomic E-state index is 13.8. The van der Waals surface area contributed by atoms with Crippen molar-refractivity contribution in [3.63, 3.8) is 0 Å². The molecular formula is C11H10FN5O2S. The van der Waals surface area contributed by atoms with Gasteiger partial charge in [0.25, 0.3) is 11.5 Å². The van der Waals surface area contributed by atoms with Crippen LogP contribution in [0.25, 0.3) is 0 Å². The molecule has 9 heteroatoms. The van der Waals surface area contributed by atoms with Crippen LogP contribution in [-0.4, -0.2) is 15.9 Å². The number of H-pyrrole nitrogens is 1. The zero-order valence-corrected chi connectivity index (χ0v) is 10.8. The Bertz CT molecular complexity index is 746. The molecule has 7 N–H and O–H groups in total. The van der Waals surface area contributed by atoms with E-state index in [1.807, 2.05) is 0 Å². The first kappa shape index (κ1) is 13.9. The molecule has 2 rings (SSSR count). The first-order chi connectivity index (χ1) is 9.36. The lowest BCUT2D eigenvalue weighted by Crippen LogP contribution is -2.14. The molecule has 0 aliphatic rings. The van der Waals surface area contributed by atoms with Crippen molar-refractivity contribution in [2.45, 2.75) is 10.1 Å². The molecule has 0 fully saturated rings. The van der Waals surface area contributed by atoms with Gasteiger partial charge in [0, 0.05) is 11.8 Å². The third-order valence-corrected chi connectivity index (χ3v) is 3.24. The number of hydrogen-bond acceptors (Lipinski definition) is 6. The number of amides is 1. The molecule has 0 saturated heterocycles. The van der Waals surface area contributed by atoms with Gasteiger partial charge in [-0.15, -0.1) is 0 Å². The van der Waals surface area contributed by atoms with Crippen LogP contribution in [0.15, 0.2) is 33.0 Å². The van der Waals surface area contributed by atoms with E-state index in [4.69, 9.17) is 17.2 Å². The highest BCUT2D eigenvalue weighted by atomic mass is 32.2. The number of carbonyl (C=O) groups excluding carboxylic acids is 1. The summed E-state index contributed by atoms with van der Waals surface area (Å²) in [5.74, 6) is -1.44. The number of benzene rings is 1. The zero-order chi connectivity index (χ0) is 14.9. The van der Waals surface area contributed by atoms with E-state index < -0.39 is 17.3 Å². The van der Waals surface area contributed by atoms with Crippen molar-refractivity contribution in [2.75, 3.05) is 11.5 Å². The highest BCUT2D eigenvalue weighted by Gasteiger charge is 2.14. The molecular weight excluding hydrogens is 285 g/mol. The van der Waals surface area contributed by atoms with Gasteiger partial charge in [0.15, 0.2) is 5.16 Å². The molecule has 0 radical (unpaired) electrons. The molecule has 0 atom stereocenters. The Hall–Kier alpha value is -2.55. The van der Waals surface area contributed by atoms with Crippen LogP contribution in [0.2, 0.25) is 0 Å². The van der Waals surface area contributed by atoms with Crippen molar-refractivity contribution in [3.05, 3.63) is 39.9 Å². The van der Waals surface area contributed by atoms with E-state index in [0.717, 1.165) is 23.9 Å². The summed E-state index contributed by atoms with van der Waals surface area (Å²) < 4.78 is 13.8. The fourth-order valence-corrected chi connectivity index (χ4v) is 2.31. The van der Waals surface area contributed by atoms with Crippen LogP contribution in [0.4, 0.5) is 15.9 Å². The second kappa shape index (κ2) is 5.21. The Morgan fingerprint density at radius 3 is 2.60 bits per heavy atom. The number of halogens is 1. The number of rotatable bonds is 3. The van der Waals surface area contributed by atoms with Gasteiger partial charge in [0.1, 0.15) is 11.6 Å². The Kier molecular flexibility index (Phi) is 3.61. The lowest BCUT2D eigenvalue weighted by atomic mass is 10.1. The normalized spacial score (nSPS) is 10.4. The predicted molar refractivity (Wildman–Crippen MR) is 72.7 cm³/mol. The van der Waals surface area contributed by atoms with E-state index in [0.29, 0.717) is 0 Å². The lowest BCUT2D eigenvalue weighted by Gasteiger charge is -2.07. The molecule has 0 bridgehead atoms. The van der Waals surface area contributed by atoms with Crippen molar-refractivity contribution in [3.8, 4) is 0 Å². The summed E-state index contributed by atoms with van der Waals surface area (Å²) in [6.45, 7) is 0. The fourth-order valence-electron chi connectivity index (χ4n) is 1.47. The topological polar surface area (TPSA) is 141 Å². The molecule has 0 unspecified atom stereocenters. The van der Waals surface area contributed by atoms with Crippen molar-refractivity contribution in [2.24, 2.45) is 5.73 Å². The van der Waals surface area contributed by atoms with Crippen LogP contribution >= 0.6 is 11.8 Å². The summed E-state index contributed by atoms with van der Waals surface area (Å²) in [5.41, 5.74) is 15.5. The average Bonchev–Trinajstić information content (AvgIpc) is 2.30. The zero-order valence-electron chi connectivity index (χ0n) is 10.0. The number of nitrogens with zero attached hydrogens (tertiary/aromatic N) is 1. The Labute approximate surface area is 116 Å². The third kappa shape index (κ3) is 2.88. The highest BCUT2D eigenvalue weighted by Crippen LogP contribution is 2.30. The second-order valence-electron chi connectivity index (χ2n) is 3.81. The molecule has 0 spiro atoms. The van der Waals surface area contributed by atoms with Gasteiger partial charge in [0.05, 0.1) is 10.5 Å². The van der Waals surface area contributed by atoms with Crippen LogP contribution in [0, 0.1) is 5.82 Å². The van der Waals surface area contributed by atoms with E-state index in [2.05, 4.69) is 9.97 Å². The van der Waals surface area contributed by atoms with Crippen LogP contribution in [0.1, 0.15) is 10.4 Å². The Balaban J connectivity index is 2.45. The minimum atomic E-state index is -0.779. The van der Waals surface area contributed by atoms with Gasteiger partial charge in [-0.2, -0.15) is 0 Å². The maximum absolute atomic E-state index is 13.8. The van der Waals surface area contributed by atoms with Gasteiger partial charge >= 0.3 is 0 Å². The van der Waals surface area contributed by atoms with E-state index in [1.165, 1.54) is 6.07 Å². The molecule has 1 aromatic carbocycles. The number of nitrogens with one attached hydrogen (secondary N) is 1. The van der Waals surface area contributed by atoms with Gasteiger partial charge in [-0.3, -0.25) is 9.59 Å². The monoisotopic (exact) mass is 295 g/mol. The summed E-state index contributed by atoms with van der Waals surface area (Å²) in [5, 5.41) is 0.0918. The molecule has 1 amide bonds. The quantitative estimate of drug-likeness (QED) is 0.475. The van der Waals surface area contributed by atoms with Gasteiger partial charge in [-0.05, 0) is 23.9 Å². The molecule has 7 nitrogen and oxygen atoms in total. The lowest BCUT2D eigenvalue weighted by molar-refractivity contribution is 0.100. The molecule has 0 aliphatic carbocycles. The number of primary amides is 1. The standard InChI is InChI=1S/C11H10FN5O2S/c12-5-2-6(13)4(10(15)19)1-7(5)20-11-16-8(14)3-9(18)17-11/h1-3H,13H2,(H2,15,19)(H3,14,16,17,18). The molecule has 0 aliphatic heterocycles. The number of nitrogen functional groups attached to an aromatic ring is 2. The minimum absolute atomic E-state index is 0.00206. The smallest absolute Gasteiger partial charge is 0.253 e. The van der Waals surface area contributed by atoms with Gasteiger partial charge in [0.2, 0.25) is 0 Å². The number of aromatic amines is 1. The number of hydrogen-bond donors (Lipinski definition) is 4. The predicted octanol–water partition coefficient (Wildman–Crippen LogP) is 0.324. The number of anilines is 2. The summed E-state index contributed by atoms with van der Waals surface area (Å²) in [6.07, 6.45) is 0. The van der Waals surface area contributed by atoms with Gasteiger partial charge < -0.3 is 22.2 Å². The van der Waals surface area contributed by atoms with Crippen molar-refractivity contribution in [1.82, 2.24) is 9.97 Å². The number of nitrogens with two attached hydrogens (primary N) is 3. The van der Waals surface area contributed by atoms with E-state index >= 15 is 0 Å². The first-order valence-corrected chi connectivity index (χ1v) is 6.12. The van der Waals surface area contributed by atoms with Crippen LogP contribution in [0.5, 0.6) is 0 Å². The SMILES string of the molecule is NC(=O)c1cc(Sc2nc(N)cc(=O)[nH]2)c(F)cc1N. The van der Waals surface area contributed by atoms with E-state index in [1.54, 1.807) is 0 Å². The van der Waals surface area contributed by atoms with Crippen LogP contribution in [-0.2, 0) is 0 Å². The molecule has 20 heavy (non-hydrogen) atoms. The van der Waals surface area contributed by atoms with E-state index in [9.17, 15) is 14.0 Å². The second-order valence-corrected chi connectivity index (χ2v) is 4.84. The van der Waals surface area contributed by atoms with Crippen molar-refractivity contribution in [1.29, 1.82) is 0 Å². The summed E-state index contributed by atoms with van der Waals surface area (Å²) >= 11 is 0.798. The van der Waals surface area contributed by atoms with Crippen LogP contribution in [0.3, 0.4) is 0 Å². The molecule has 104 valence electrons. The summed E-state index contributed by atoms with van der Waals surface area (Å²) in [4.78, 5) is 28.7. The third-order valence-electron chi connectivity index (χ3n) is 2.32. The molecule has 2 aromatic rings. The van der Waals surface area contributed by atoms with Crippen molar-refractivity contribution < 1.29 is 9.18 Å². The average molecular weight is 295 g/mol. The van der Waals surface area contributed by atoms with Gasteiger partial charge in [-0.1, -0.05) is 0 Å². The largest absolute Gasteiger partial charge is 0.398 e. The highest BCUT2D eigenvalue weighted by molar-refractivity contribution is 7.99. The molecule has 1 heterocycles. The summed E-state index contributed by atoms with van der Waals surface area (Å²) in [7, 11) is 0. The van der Waals surface area contributed by atoms with Crippen LogP contribution < -0.4 is 22.8 Å². The van der Waals surface area contributed by atoms with E-state index in [-0.39, 0.29) is 27.1 Å². The fraction of sp³-hybridized carbons (Fsp3) is 0. The Morgan fingerprint density at radius 2 is 2.00 bits per heavy atom. The Morgan fingerprint density at radius 1 is 1.30 bits per heavy atom. The summed E-state index contributed by atoms with van der Waals surface area (Å²) in [6, 6.07) is 3.27. The molecule has 0 saturated carbocycles. The van der Waals surface area contributed by atoms with Gasteiger partial charge in [-0.25, -0.2) is 9.37 Å². The maximum Gasteiger partial charge on any atom is 0.253 e. The molecule has 1 aromatic heterocycles. The van der Waals surface area contributed by atoms with Crippen molar-refractivity contribution >= 4 is 29.2 Å².